The largest absolute Gasteiger partial charge is 0.297 e. The van der Waals surface area contributed by atoms with Gasteiger partial charge in [0.15, 0.2) is 5.13 Å². The number of piperidine rings is 1. The zero-order chi connectivity index (χ0) is 17.7. The Bertz CT molecular complexity index is 659. The van der Waals surface area contributed by atoms with Crippen LogP contribution in [0.4, 0.5) is 5.13 Å². The van der Waals surface area contributed by atoms with Crippen LogP contribution in [0.2, 0.25) is 0 Å². The van der Waals surface area contributed by atoms with Crippen molar-refractivity contribution in [2.24, 2.45) is 5.92 Å². The summed E-state index contributed by atoms with van der Waals surface area (Å²) in [6, 6.07) is 0. The van der Waals surface area contributed by atoms with E-state index in [2.05, 4.69) is 14.6 Å². The molecule has 0 radical (unpaired) electrons. The fourth-order valence-electron chi connectivity index (χ4n) is 2.95. The molecule has 0 bridgehead atoms. The molecular formula is C15H26N4O3S2. The van der Waals surface area contributed by atoms with Crippen molar-refractivity contribution in [3.63, 3.8) is 0 Å². The van der Waals surface area contributed by atoms with Gasteiger partial charge in [-0.3, -0.25) is 14.6 Å². The molecule has 136 valence electrons. The summed E-state index contributed by atoms with van der Waals surface area (Å²) in [5, 5.41) is 2.74. The monoisotopic (exact) mass is 374 g/mol. The summed E-state index contributed by atoms with van der Waals surface area (Å²) in [6.45, 7) is 7.19. The number of nitrogens with zero attached hydrogens (tertiary/aromatic N) is 3. The van der Waals surface area contributed by atoms with Crippen LogP contribution in [0.3, 0.4) is 0 Å². The Balaban J connectivity index is 1.91. The third-order valence-corrected chi connectivity index (χ3v) is 5.69. The molecule has 1 aromatic rings. The maximum atomic E-state index is 11.6. The number of thiazole rings is 1. The van der Waals surface area contributed by atoms with Crippen LogP contribution in [-0.2, 0) is 21.4 Å². The highest BCUT2D eigenvalue weighted by molar-refractivity contribution is 7.88. The summed E-state index contributed by atoms with van der Waals surface area (Å²) in [5.41, 5.74) is 0.964. The van der Waals surface area contributed by atoms with Gasteiger partial charge in [-0.05, 0) is 32.2 Å². The molecule has 1 aromatic heterocycles. The van der Waals surface area contributed by atoms with Gasteiger partial charge in [-0.1, -0.05) is 0 Å². The molecule has 1 N–H and O–H groups in total. The summed E-state index contributed by atoms with van der Waals surface area (Å²) in [6.07, 6.45) is 3.29. The van der Waals surface area contributed by atoms with Crippen molar-refractivity contribution >= 4 is 32.4 Å². The lowest BCUT2D eigenvalue weighted by atomic mass is 9.98. The predicted molar refractivity (Wildman–Crippen MR) is 96.7 cm³/mol. The number of anilines is 1. The molecular weight excluding hydrogens is 348 g/mol. The van der Waals surface area contributed by atoms with Crippen molar-refractivity contribution in [2.75, 3.05) is 37.3 Å². The molecule has 0 unspecified atom stereocenters. The normalized spacial score (nSPS) is 19.4. The number of carbonyl (C=O) groups is 1. The quantitative estimate of drug-likeness (QED) is 0.777. The van der Waals surface area contributed by atoms with Crippen molar-refractivity contribution in [3.05, 3.63) is 11.1 Å². The third-order valence-electron chi connectivity index (χ3n) is 4.09. The standard InChI is InChI=1S/C15H26N4O3S2/c1-4-19(12(2)20)15-17-14(11-23-15)10-18-7-5-6-13(9-18)8-16-24(3,21)22/h11,13,16H,4-10H2,1-3H3/t13-/m0/s1. The van der Waals surface area contributed by atoms with Gasteiger partial charge >= 0.3 is 0 Å². The van der Waals surface area contributed by atoms with E-state index in [1.807, 2.05) is 12.3 Å². The van der Waals surface area contributed by atoms with Crippen molar-refractivity contribution in [1.82, 2.24) is 14.6 Å². The lowest BCUT2D eigenvalue weighted by Crippen LogP contribution is -2.40. The molecule has 1 saturated heterocycles. The first-order valence-electron chi connectivity index (χ1n) is 8.18. The fourth-order valence-corrected chi connectivity index (χ4v) is 4.41. The highest BCUT2D eigenvalue weighted by Gasteiger charge is 2.22. The van der Waals surface area contributed by atoms with Crippen LogP contribution >= 0.6 is 11.3 Å². The molecule has 0 saturated carbocycles. The predicted octanol–water partition coefficient (Wildman–Crippen LogP) is 1.28. The van der Waals surface area contributed by atoms with Crippen LogP contribution in [0.5, 0.6) is 0 Å². The van der Waals surface area contributed by atoms with E-state index in [9.17, 15) is 13.2 Å². The van der Waals surface area contributed by atoms with E-state index in [-0.39, 0.29) is 5.91 Å². The van der Waals surface area contributed by atoms with Gasteiger partial charge in [0.2, 0.25) is 15.9 Å². The maximum Gasteiger partial charge on any atom is 0.225 e. The van der Waals surface area contributed by atoms with Gasteiger partial charge in [0.05, 0.1) is 11.9 Å². The molecule has 0 aliphatic carbocycles. The number of sulfonamides is 1. The SMILES string of the molecule is CCN(C(C)=O)c1nc(CN2CCC[C@@H](CNS(C)(=O)=O)C2)cs1. The summed E-state index contributed by atoms with van der Waals surface area (Å²) in [7, 11) is -3.13. The van der Waals surface area contributed by atoms with Gasteiger partial charge in [-0.15, -0.1) is 11.3 Å². The van der Waals surface area contributed by atoms with E-state index in [1.165, 1.54) is 17.6 Å². The number of rotatable bonds is 7. The molecule has 2 heterocycles. The number of likely N-dealkylation sites (tertiary alicyclic amines) is 1. The molecule has 9 heteroatoms. The number of hydrogen-bond donors (Lipinski definition) is 1. The molecule has 7 nitrogen and oxygen atoms in total. The van der Waals surface area contributed by atoms with Crippen LogP contribution in [0.15, 0.2) is 5.38 Å². The van der Waals surface area contributed by atoms with E-state index < -0.39 is 10.0 Å². The smallest absolute Gasteiger partial charge is 0.225 e. The van der Waals surface area contributed by atoms with E-state index in [0.29, 0.717) is 19.0 Å². The lowest BCUT2D eigenvalue weighted by molar-refractivity contribution is -0.116. The first-order chi connectivity index (χ1) is 11.3. The molecule has 2 rings (SSSR count). The number of aromatic nitrogens is 1. The molecule has 1 fully saturated rings. The highest BCUT2D eigenvalue weighted by atomic mass is 32.2. The fraction of sp³-hybridized carbons (Fsp3) is 0.733. The van der Waals surface area contributed by atoms with Gasteiger partial charge in [0, 0.05) is 38.5 Å². The van der Waals surface area contributed by atoms with Crippen molar-refractivity contribution in [2.45, 2.75) is 33.2 Å². The average molecular weight is 375 g/mol. The van der Waals surface area contributed by atoms with Crippen LogP contribution in [0.25, 0.3) is 0 Å². The summed E-state index contributed by atoms with van der Waals surface area (Å²) < 4.78 is 25.1. The van der Waals surface area contributed by atoms with Crippen LogP contribution in [-0.4, -0.2) is 56.6 Å². The summed E-state index contributed by atoms with van der Waals surface area (Å²) >= 11 is 1.49. The topological polar surface area (TPSA) is 82.6 Å². The molecule has 0 spiro atoms. The molecule has 0 aromatic carbocycles. The minimum absolute atomic E-state index is 0.00304. The second-order valence-corrected chi connectivity index (χ2v) is 8.92. The minimum atomic E-state index is -3.13. The first kappa shape index (κ1) is 19.3. The molecule has 1 amide bonds. The second kappa shape index (κ2) is 8.37. The number of nitrogens with one attached hydrogen (secondary N) is 1. The number of amides is 1. The van der Waals surface area contributed by atoms with E-state index in [0.717, 1.165) is 43.3 Å². The van der Waals surface area contributed by atoms with Gasteiger partial charge < -0.3 is 0 Å². The molecule has 1 atom stereocenters. The number of carbonyl (C=O) groups excluding carboxylic acids is 1. The van der Waals surface area contributed by atoms with Crippen LogP contribution in [0.1, 0.15) is 32.4 Å². The molecule has 1 aliphatic heterocycles. The van der Waals surface area contributed by atoms with Crippen molar-refractivity contribution in [3.8, 4) is 0 Å². The van der Waals surface area contributed by atoms with Crippen LogP contribution in [0, 0.1) is 5.92 Å². The van der Waals surface area contributed by atoms with Crippen molar-refractivity contribution < 1.29 is 13.2 Å². The Hall–Kier alpha value is -1.03. The Morgan fingerprint density at radius 2 is 2.29 bits per heavy atom. The third kappa shape index (κ3) is 5.80. The van der Waals surface area contributed by atoms with E-state index in [1.54, 1.807) is 11.8 Å². The average Bonchev–Trinajstić information content (AvgIpc) is 2.93. The van der Waals surface area contributed by atoms with Gasteiger partial charge in [0.1, 0.15) is 0 Å². The van der Waals surface area contributed by atoms with Crippen LogP contribution < -0.4 is 9.62 Å². The zero-order valence-electron chi connectivity index (χ0n) is 14.5. The Labute approximate surface area is 148 Å². The Morgan fingerprint density at radius 3 is 2.92 bits per heavy atom. The minimum Gasteiger partial charge on any atom is -0.297 e. The van der Waals surface area contributed by atoms with Gasteiger partial charge in [-0.25, -0.2) is 18.1 Å². The second-order valence-electron chi connectivity index (χ2n) is 6.25. The Morgan fingerprint density at radius 1 is 1.54 bits per heavy atom. The van der Waals surface area contributed by atoms with Gasteiger partial charge in [0.25, 0.3) is 0 Å². The first-order valence-corrected chi connectivity index (χ1v) is 10.9. The Kier molecular flexibility index (Phi) is 6.73. The zero-order valence-corrected chi connectivity index (χ0v) is 16.1. The molecule has 1 aliphatic rings. The van der Waals surface area contributed by atoms with E-state index in [4.69, 9.17) is 0 Å². The van der Waals surface area contributed by atoms with Gasteiger partial charge in [-0.2, -0.15) is 0 Å². The number of hydrogen-bond acceptors (Lipinski definition) is 6. The van der Waals surface area contributed by atoms with Crippen molar-refractivity contribution in [1.29, 1.82) is 0 Å². The highest BCUT2D eigenvalue weighted by Crippen LogP contribution is 2.23. The summed E-state index contributed by atoms with van der Waals surface area (Å²) in [4.78, 5) is 20.2. The summed E-state index contributed by atoms with van der Waals surface area (Å²) in [5.74, 6) is 0.333. The van der Waals surface area contributed by atoms with E-state index >= 15 is 0 Å². The molecule has 24 heavy (non-hydrogen) atoms. The maximum absolute atomic E-state index is 11.6. The lowest BCUT2D eigenvalue weighted by Gasteiger charge is -2.32.